The van der Waals surface area contributed by atoms with Crippen molar-refractivity contribution >= 4 is 29.4 Å². The van der Waals surface area contributed by atoms with Crippen molar-refractivity contribution in [3.63, 3.8) is 0 Å². The second-order valence-electron chi connectivity index (χ2n) is 9.85. The van der Waals surface area contributed by atoms with Gasteiger partial charge in [0.25, 0.3) is 0 Å². The van der Waals surface area contributed by atoms with Gasteiger partial charge in [-0.15, -0.1) is 0 Å². The fourth-order valence-corrected chi connectivity index (χ4v) is 5.83. The Morgan fingerprint density at radius 2 is 1.44 bits per heavy atom. The largest absolute Gasteiger partial charge is 0.355 e. The summed E-state index contributed by atoms with van der Waals surface area (Å²) < 4.78 is 0. The number of carbonyl (C=O) groups is 1. The van der Waals surface area contributed by atoms with Crippen LogP contribution in [-0.2, 0) is 11.2 Å². The molecule has 1 aromatic heterocycles. The van der Waals surface area contributed by atoms with Gasteiger partial charge in [-0.25, -0.2) is 9.98 Å². The molecule has 0 spiro atoms. The fraction of sp³-hybridized carbons (Fsp3) is 0.344. The number of rotatable bonds is 4. The Kier molecular flexibility index (Phi) is 6.38. The van der Waals surface area contributed by atoms with Gasteiger partial charge in [-0.1, -0.05) is 33.8 Å². The Balaban J connectivity index is 1.81. The highest BCUT2D eigenvalue weighted by Crippen LogP contribution is 2.37. The van der Waals surface area contributed by atoms with Crippen LogP contribution in [0.25, 0.3) is 12.2 Å². The van der Waals surface area contributed by atoms with Crippen LogP contribution in [0.15, 0.2) is 79.1 Å². The second-order valence-corrected chi connectivity index (χ2v) is 9.85. The summed E-state index contributed by atoms with van der Waals surface area (Å²) in [7, 11) is 0. The first kappa shape index (κ1) is 24.2. The van der Waals surface area contributed by atoms with E-state index in [1.165, 1.54) is 27.8 Å². The zero-order chi connectivity index (χ0) is 25.6. The molecule has 4 heteroatoms. The van der Waals surface area contributed by atoms with Gasteiger partial charge in [0.1, 0.15) is 0 Å². The topological polar surface area (TPSA) is 57.6 Å². The van der Waals surface area contributed by atoms with Crippen molar-refractivity contribution in [1.82, 2.24) is 4.98 Å². The highest BCUT2D eigenvalue weighted by atomic mass is 16.1. The van der Waals surface area contributed by atoms with E-state index in [9.17, 15) is 4.79 Å². The van der Waals surface area contributed by atoms with Gasteiger partial charge < -0.3 is 4.98 Å². The Labute approximate surface area is 214 Å². The van der Waals surface area contributed by atoms with E-state index in [0.717, 1.165) is 76.6 Å². The zero-order valence-corrected chi connectivity index (χ0v) is 22.3. The van der Waals surface area contributed by atoms with Crippen LogP contribution in [0.1, 0.15) is 82.8 Å². The third kappa shape index (κ3) is 3.99. The average molecular weight is 478 g/mol. The fourth-order valence-electron chi connectivity index (χ4n) is 5.83. The summed E-state index contributed by atoms with van der Waals surface area (Å²) in [6.07, 6.45) is 16.5. The van der Waals surface area contributed by atoms with E-state index in [1.807, 2.05) is 12.2 Å². The Morgan fingerprint density at radius 1 is 0.750 bits per heavy atom. The predicted octanol–water partition coefficient (Wildman–Crippen LogP) is 7.72. The van der Waals surface area contributed by atoms with Crippen LogP contribution in [0.3, 0.4) is 0 Å². The van der Waals surface area contributed by atoms with Gasteiger partial charge in [0, 0.05) is 23.4 Å². The summed E-state index contributed by atoms with van der Waals surface area (Å²) in [5.74, 6) is 0.0638. The molecule has 1 aliphatic carbocycles. The number of allylic oxidation sites excluding steroid dienone is 10. The van der Waals surface area contributed by atoms with Crippen molar-refractivity contribution in [1.29, 1.82) is 0 Å². The maximum atomic E-state index is 12.8. The quantitative estimate of drug-likeness (QED) is 0.474. The molecule has 0 unspecified atom stereocenters. The standard InChI is InChI=1S/C32H35N3O/c1-7-22-18(5)26-14-20-11-12-32(36)21(13-20)15-27-19(6)23(8-2)29(34-27)17-31-25(10-4)24(9-3)30(35-31)16-28(22)33-26/h11-12,14-17,33H,7-10,13H2,1-6H3. The molecule has 184 valence electrons. The molecule has 4 aliphatic rings. The van der Waals surface area contributed by atoms with Crippen molar-refractivity contribution in [2.45, 2.75) is 73.6 Å². The number of hydrogen-bond acceptors (Lipinski definition) is 3. The molecule has 0 saturated heterocycles. The predicted molar refractivity (Wildman–Crippen MR) is 151 cm³/mol. The second kappa shape index (κ2) is 9.50. The highest BCUT2D eigenvalue weighted by molar-refractivity contribution is 6.19. The Morgan fingerprint density at radius 3 is 2.14 bits per heavy atom. The number of nitrogens with one attached hydrogen (secondary N) is 1. The molecule has 4 heterocycles. The maximum absolute atomic E-state index is 12.8. The summed E-state index contributed by atoms with van der Waals surface area (Å²) in [6, 6.07) is 0. The molecule has 1 aromatic rings. The smallest absolute Gasteiger partial charge is 0.182 e. The van der Waals surface area contributed by atoms with Gasteiger partial charge in [0.05, 0.1) is 22.8 Å². The SMILES string of the molecule is CCC1=C(C)C2=NC1=CC1=NC(=Cc3[nH]c(c(C)c3CC)C=C3C=CC(=O)C(=C2)C3)C(CC)=C1CC. The van der Waals surface area contributed by atoms with E-state index >= 15 is 0 Å². The molecule has 0 fully saturated rings. The van der Waals surface area contributed by atoms with Crippen molar-refractivity contribution in [3.8, 4) is 0 Å². The molecule has 0 radical (unpaired) electrons. The number of H-pyrrole nitrogens is 1. The lowest BCUT2D eigenvalue weighted by Crippen LogP contribution is -2.08. The number of nitrogens with zero attached hydrogens (tertiary/aromatic N) is 2. The number of carbonyl (C=O) groups excluding carboxylic acids is 1. The van der Waals surface area contributed by atoms with Gasteiger partial charge in [-0.2, -0.15) is 0 Å². The van der Waals surface area contributed by atoms with Gasteiger partial charge in [-0.3, -0.25) is 4.79 Å². The number of fused-ring (bicyclic) bond motifs is 6. The van der Waals surface area contributed by atoms with E-state index in [2.05, 4.69) is 64.8 Å². The summed E-state index contributed by atoms with van der Waals surface area (Å²) in [6.45, 7) is 13.1. The number of aromatic nitrogens is 1. The summed E-state index contributed by atoms with van der Waals surface area (Å²) in [5, 5.41) is 0. The molecular weight excluding hydrogens is 442 g/mol. The van der Waals surface area contributed by atoms with Crippen LogP contribution in [-0.4, -0.2) is 22.2 Å². The number of hydrogen-bond donors (Lipinski definition) is 1. The molecule has 0 saturated carbocycles. The van der Waals surface area contributed by atoms with Gasteiger partial charge in [0.2, 0.25) is 0 Å². The molecule has 36 heavy (non-hydrogen) atoms. The van der Waals surface area contributed by atoms with Gasteiger partial charge >= 0.3 is 0 Å². The number of ketones is 1. The zero-order valence-electron chi connectivity index (χ0n) is 22.3. The summed E-state index contributed by atoms with van der Waals surface area (Å²) in [5.41, 5.74) is 15.6. The van der Waals surface area contributed by atoms with Crippen LogP contribution in [0.5, 0.6) is 0 Å². The van der Waals surface area contributed by atoms with Crippen molar-refractivity contribution in [2.24, 2.45) is 9.98 Å². The first-order valence-electron chi connectivity index (χ1n) is 13.3. The monoisotopic (exact) mass is 477 g/mol. The third-order valence-corrected chi connectivity index (χ3v) is 7.83. The van der Waals surface area contributed by atoms with Crippen molar-refractivity contribution < 1.29 is 4.79 Å². The number of aliphatic imine (C=N–C) groups is 2. The minimum Gasteiger partial charge on any atom is -0.355 e. The lowest BCUT2D eigenvalue weighted by molar-refractivity contribution is -0.111. The van der Waals surface area contributed by atoms with Gasteiger partial charge in [0.15, 0.2) is 5.78 Å². The minimum atomic E-state index is 0.0638. The molecule has 4 nitrogen and oxygen atoms in total. The molecule has 0 aromatic carbocycles. The molecule has 8 bridgehead atoms. The van der Waals surface area contributed by atoms with Crippen LogP contribution in [0, 0.1) is 6.92 Å². The first-order valence-corrected chi connectivity index (χ1v) is 13.3. The van der Waals surface area contributed by atoms with Gasteiger partial charge in [-0.05, 0) is 109 Å². The van der Waals surface area contributed by atoms with E-state index in [0.29, 0.717) is 6.42 Å². The third-order valence-electron chi connectivity index (χ3n) is 7.83. The summed E-state index contributed by atoms with van der Waals surface area (Å²) in [4.78, 5) is 26.7. The molecule has 5 rings (SSSR count). The number of aromatic amines is 1. The molecule has 3 aliphatic heterocycles. The van der Waals surface area contributed by atoms with Crippen LogP contribution >= 0.6 is 0 Å². The maximum Gasteiger partial charge on any atom is 0.182 e. The molecular formula is C32H35N3O. The average Bonchev–Trinajstić information content (AvgIpc) is 3.45. The van der Waals surface area contributed by atoms with E-state index in [4.69, 9.17) is 9.98 Å². The Bertz CT molecular complexity index is 1450. The van der Waals surface area contributed by atoms with Crippen molar-refractivity contribution in [3.05, 3.63) is 91.7 Å². The molecule has 0 amide bonds. The lowest BCUT2D eigenvalue weighted by Gasteiger charge is -2.12. The van der Waals surface area contributed by atoms with E-state index in [-0.39, 0.29) is 5.78 Å². The van der Waals surface area contributed by atoms with Crippen LogP contribution in [0.2, 0.25) is 0 Å². The molecule has 1 N–H and O–H groups in total. The first-order chi connectivity index (χ1) is 17.4. The minimum absolute atomic E-state index is 0.0638. The Hall–Kier alpha value is -3.53. The van der Waals surface area contributed by atoms with Crippen molar-refractivity contribution in [2.75, 3.05) is 0 Å². The highest BCUT2D eigenvalue weighted by Gasteiger charge is 2.26. The van der Waals surface area contributed by atoms with Crippen LogP contribution < -0.4 is 0 Å². The van der Waals surface area contributed by atoms with E-state index in [1.54, 1.807) is 6.08 Å². The van der Waals surface area contributed by atoms with E-state index < -0.39 is 0 Å². The van der Waals surface area contributed by atoms with Crippen LogP contribution in [0.4, 0.5) is 0 Å². The summed E-state index contributed by atoms with van der Waals surface area (Å²) >= 11 is 0. The lowest BCUT2D eigenvalue weighted by atomic mass is 9.92. The molecule has 0 atom stereocenters. The normalized spacial score (nSPS) is 19.3.